The Bertz CT molecular complexity index is 688. The Morgan fingerprint density at radius 3 is 2.57 bits per heavy atom. The average molecular weight is 319 g/mol. The number of alkyl halides is 3. The molecule has 1 aromatic heterocycles. The van der Waals surface area contributed by atoms with Gasteiger partial charge in [0.1, 0.15) is 0 Å². The van der Waals surface area contributed by atoms with Gasteiger partial charge < -0.3 is 5.32 Å². The number of hydrogen-bond donors (Lipinski definition) is 1. The molecule has 0 atom stereocenters. The van der Waals surface area contributed by atoms with Crippen LogP contribution in [0.2, 0.25) is 5.02 Å². The molecule has 3 nitrogen and oxygen atoms in total. The lowest BCUT2D eigenvalue weighted by Gasteiger charge is -2.11. The first kappa shape index (κ1) is 15.2. The van der Waals surface area contributed by atoms with E-state index in [1.807, 2.05) is 0 Å². The zero-order valence-corrected chi connectivity index (χ0v) is 11.0. The number of carbonyl (C=O) groups is 1. The van der Waals surface area contributed by atoms with Crippen LogP contribution < -0.4 is 5.32 Å². The number of benzene rings is 1. The minimum atomic E-state index is -4.60. The van der Waals surface area contributed by atoms with Crippen molar-refractivity contribution in [2.45, 2.75) is 6.18 Å². The second-order valence-corrected chi connectivity index (χ2v) is 4.47. The quantitative estimate of drug-likeness (QED) is 0.845. The van der Waals surface area contributed by atoms with Crippen LogP contribution in [-0.2, 0) is 6.18 Å². The van der Waals surface area contributed by atoms with Crippen molar-refractivity contribution in [3.63, 3.8) is 0 Å². The third kappa shape index (κ3) is 3.69. The van der Waals surface area contributed by atoms with E-state index in [0.29, 0.717) is 6.07 Å². The SMILES string of the molecule is O=C(Nc1cc(Cl)cc(C(F)(F)F)c1)c1ccncc1F. The highest BCUT2D eigenvalue weighted by Crippen LogP contribution is 2.33. The highest BCUT2D eigenvalue weighted by molar-refractivity contribution is 6.31. The Kier molecular flexibility index (Phi) is 4.13. The summed E-state index contributed by atoms with van der Waals surface area (Å²) < 4.78 is 51.3. The number of pyridine rings is 1. The molecule has 2 aromatic rings. The van der Waals surface area contributed by atoms with E-state index in [9.17, 15) is 22.4 Å². The van der Waals surface area contributed by atoms with Crippen molar-refractivity contribution in [3.8, 4) is 0 Å². The number of carbonyl (C=O) groups excluding carboxylic acids is 1. The fourth-order valence-electron chi connectivity index (χ4n) is 1.58. The van der Waals surface area contributed by atoms with Crippen LogP contribution in [0.25, 0.3) is 0 Å². The lowest BCUT2D eigenvalue weighted by molar-refractivity contribution is -0.137. The zero-order valence-electron chi connectivity index (χ0n) is 10.2. The summed E-state index contributed by atoms with van der Waals surface area (Å²) in [5.74, 6) is -1.78. The second-order valence-electron chi connectivity index (χ2n) is 4.04. The van der Waals surface area contributed by atoms with Crippen molar-refractivity contribution in [2.24, 2.45) is 0 Å². The van der Waals surface area contributed by atoms with Crippen molar-refractivity contribution in [3.05, 3.63) is 58.6 Å². The summed E-state index contributed by atoms with van der Waals surface area (Å²) in [7, 11) is 0. The van der Waals surface area contributed by atoms with Gasteiger partial charge in [-0.2, -0.15) is 13.2 Å². The maximum Gasteiger partial charge on any atom is 0.416 e. The van der Waals surface area contributed by atoms with Gasteiger partial charge in [-0.25, -0.2) is 4.39 Å². The van der Waals surface area contributed by atoms with Gasteiger partial charge in [0.25, 0.3) is 5.91 Å². The minimum absolute atomic E-state index is 0.184. The first-order chi connectivity index (χ1) is 9.77. The summed E-state index contributed by atoms with van der Waals surface area (Å²) in [6.45, 7) is 0. The summed E-state index contributed by atoms with van der Waals surface area (Å²) in [5.41, 5.74) is -1.53. The summed E-state index contributed by atoms with van der Waals surface area (Å²) in [5, 5.41) is 1.96. The van der Waals surface area contributed by atoms with E-state index < -0.39 is 23.5 Å². The maximum absolute atomic E-state index is 13.4. The number of aromatic nitrogens is 1. The lowest BCUT2D eigenvalue weighted by Crippen LogP contribution is -2.15. The molecule has 0 unspecified atom stereocenters. The van der Waals surface area contributed by atoms with E-state index in [4.69, 9.17) is 11.6 Å². The fourth-order valence-corrected chi connectivity index (χ4v) is 1.82. The molecule has 2 rings (SSSR count). The molecule has 0 aliphatic carbocycles. The zero-order chi connectivity index (χ0) is 15.6. The molecule has 0 saturated carbocycles. The number of amides is 1. The Balaban J connectivity index is 2.30. The minimum Gasteiger partial charge on any atom is -0.322 e. The van der Waals surface area contributed by atoms with Gasteiger partial charge >= 0.3 is 6.18 Å². The van der Waals surface area contributed by atoms with E-state index in [1.54, 1.807) is 0 Å². The third-order valence-corrected chi connectivity index (χ3v) is 2.72. The molecule has 1 aromatic carbocycles. The summed E-state index contributed by atoms with van der Waals surface area (Å²) in [6, 6.07) is 3.68. The smallest absolute Gasteiger partial charge is 0.322 e. The van der Waals surface area contributed by atoms with E-state index in [-0.39, 0.29) is 16.3 Å². The number of nitrogens with one attached hydrogen (secondary N) is 1. The van der Waals surface area contributed by atoms with Gasteiger partial charge in [-0.05, 0) is 24.3 Å². The number of hydrogen-bond acceptors (Lipinski definition) is 2. The van der Waals surface area contributed by atoms with Gasteiger partial charge in [-0.1, -0.05) is 11.6 Å². The number of anilines is 1. The average Bonchev–Trinajstić information content (AvgIpc) is 2.37. The second kappa shape index (κ2) is 5.69. The Morgan fingerprint density at radius 2 is 1.95 bits per heavy atom. The molecular formula is C13H7ClF4N2O. The van der Waals surface area contributed by atoms with E-state index in [1.165, 1.54) is 6.20 Å². The van der Waals surface area contributed by atoms with Crippen LogP contribution in [0.1, 0.15) is 15.9 Å². The van der Waals surface area contributed by atoms with E-state index in [0.717, 1.165) is 24.4 Å². The van der Waals surface area contributed by atoms with Crippen LogP contribution >= 0.6 is 11.6 Å². The molecule has 0 saturated heterocycles. The number of nitrogens with zero attached hydrogens (tertiary/aromatic N) is 1. The fraction of sp³-hybridized carbons (Fsp3) is 0.0769. The monoisotopic (exact) mass is 318 g/mol. The van der Waals surface area contributed by atoms with Gasteiger partial charge in [-0.15, -0.1) is 0 Å². The standard InChI is InChI=1S/C13H7ClF4N2O/c14-8-3-7(13(16,17)18)4-9(5-8)20-12(21)10-1-2-19-6-11(10)15/h1-6H,(H,20,21). The molecule has 1 heterocycles. The molecule has 0 aliphatic heterocycles. The Labute approximate surface area is 121 Å². The number of halogens is 5. The highest BCUT2D eigenvalue weighted by atomic mass is 35.5. The lowest BCUT2D eigenvalue weighted by atomic mass is 10.1. The van der Waals surface area contributed by atoms with Gasteiger partial charge in [0.05, 0.1) is 17.3 Å². The first-order valence-electron chi connectivity index (χ1n) is 5.56. The topological polar surface area (TPSA) is 42.0 Å². The molecule has 1 amide bonds. The molecule has 0 aliphatic rings. The molecule has 0 bridgehead atoms. The predicted molar refractivity (Wildman–Crippen MR) is 68.6 cm³/mol. The van der Waals surface area contributed by atoms with Crippen LogP contribution in [-0.4, -0.2) is 10.9 Å². The van der Waals surface area contributed by atoms with Gasteiger partial charge in [0.2, 0.25) is 0 Å². The number of rotatable bonds is 2. The van der Waals surface area contributed by atoms with Crippen LogP contribution in [0.3, 0.4) is 0 Å². The maximum atomic E-state index is 13.4. The molecule has 0 radical (unpaired) electrons. The molecule has 8 heteroatoms. The van der Waals surface area contributed by atoms with E-state index in [2.05, 4.69) is 10.3 Å². The summed E-state index contributed by atoms with van der Waals surface area (Å²) in [4.78, 5) is 15.3. The third-order valence-electron chi connectivity index (χ3n) is 2.50. The molecule has 21 heavy (non-hydrogen) atoms. The van der Waals surface area contributed by atoms with Crippen molar-refractivity contribution >= 4 is 23.2 Å². The molecule has 0 fully saturated rings. The van der Waals surface area contributed by atoms with Crippen molar-refractivity contribution in [2.75, 3.05) is 5.32 Å². The Morgan fingerprint density at radius 1 is 1.24 bits per heavy atom. The van der Waals surface area contributed by atoms with Crippen LogP contribution in [0.4, 0.5) is 23.2 Å². The van der Waals surface area contributed by atoms with Crippen LogP contribution in [0.15, 0.2) is 36.7 Å². The van der Waals surface area contributed by atoms with Crippen LogP contribution in [0.5, 0.6) is 0 Å². The normalized spacial score (nSPS) is 11.3. The summed E-state index contributed by atoms with van der Waals surface area (Å²) >= 11 is 5.58. The van der Waals surface area contributed by atoms with Crippen LogP contribution in [0, 0.1) is 5.82 Å². The van der Waals surface area contributed by atoms with E-state index >= 15 is 0 Å². The van der Waals surface area contributed by atoms with Crippen molar-refractivity contribution in [1.82, 2.24) is 4.98 Å². The molecule has 110 valence electrons. The molecule has 1 N–H and O–H groups in total. The summed E-state index contributed by atoms with van der Waals surface area (Å²) in [6.07, 6.45) is -2.59. The van der Waals surface area contributed by atoms with Gasteiger partial charge in [-0.3, -0.25) is 9.78 Å². The van der Waals surface area contributed by atoms with Gasteiger partial charge in [0.15, 0.2) is 5.82 Å². The molecular weight excluding hydrogens is 312 g/mol. The van der Waals surface area contributed by atoms with Gasteiger partial charge in [0, 0.05) is 16.9 Å². The highest BCUT2D eigenvalue weighted by Gasteiger charge is 2.31. The first-order valence-corrected chi connectivity index (χ1v) is 5.94. The largest absolute Gasteiger partial charge is 0.416 e. The predicted octanol–water partition coefficient (Wildman–Crippen LogP) is 4.15. The molecule has 0 spiro atoms. The van der Waals surface area contributed by atoms with Crippen molar-refractivity contribution in [1.29, 1.82) is 0 Å². The Hall–Kier alpha value is -2.15. The van der Waals surface area contributed by atoms with Crippen molar-refractivity contribution < 1.29 is 22.4 Å².